The zero-order valence-electron chi connectivity index (χ0n) is 11.4. The Balaban J connectivity index is 3.14. The van der Waals surface area contributed by atoms with E-state index >= 15 is 0 Å². The van der Waals surface area contributed by atoms with Gasteiger partial charge < -0.3 is 4.74 Å². The molecule has 17 heavy (non-hydrogen) atoms. The summed E-state index contributed by atoms with van der Waals surface area (Å²) in [5.41, 5.74) is 0. The Kier molecular flexibility index (Phi) is 12.7. The summed E-state index contributed by atoms with van der Waals surface area (Å²) < 4.78 is 5.16. The fourth-order valence-electron chi connectivity index (χ4n) is 1.70. The maximum atomic E-state index is 11.3. The molecule has 0 atom stereocenters. The van der Waals surface area contributed by atoms with Crippen molar-refractivity contribution >= 4 is 5.97 Å². The molecule has 0 fully saturated rings. The molecule has 0 aromatic rings. The van der Waals surface area contributed by atoms with Gasteiger partial charge in [0.05, 0.1) is 6.61 Å². The van der Waals surface area contributed by atoms with Gasteiger partial charge in [-0.05, 0) is 32.1 Å². The van der Waals surface area contributed by atoms with Crippen LogP contribution in [0.1, 0.15) is 71.1 Å². The van der Waals surface area contributed by atoms with Gasteiger partial charge in [0.2, 0.25) is 0 Å². The van der Waals surface area contributed by atoms with Crippen LogP contribution in [0, 0.1) is 0 Å². The molecule has 0 aliphatic heterocycles. The molecule has 2 nitrogen and oxygen atoms in total. The maximum Gasteiger partial charge on any atom is 0.305 e. The van der Waals surface area contributed by atoms with Crippen molar-refractivity contribution in [3.05, 3.63) is 12.7 Å². The second kappa shape index (κ2) is 13.3. The average molecular weight is 240 g/mol. The molecule has 0 bridgehead atoms. The molecule has 0 aromatic carbocycles. The number of rotatable bonds is 12. The fraction of sp³-hybridized carbons (Fsp3) is 0.800. The van der Waals surface area contributed by atoms with Gasteiger partial charge in [-0.2, -0.15) is 0 Å². The van der Waals surface area contributed by atoms with Crippen LogP contribution >= 0.6 is 0 Å². The van der Waals surface area contributed by atoms with Gasteiger partial charge in [-0.1, -0.05) is 38.7 Å². The van der Waals surface area contributed by atoms with Crippen LogP contribution in [-0.2, 0) is 9.53 Å². The Morgan fingerprint density at radius 1 is 1.06 bits per heavy atom. The number of allylic oxidation sites excluding steroid dienone is 1. The van der Waals surface area contributed by atoms with Gasteiger partial charge in [-0.25, -0.2) is 0 Å². The summed E-state index contributed by atoms with van der Waals surface area (Å²) in [7, 11) is 0. The molecule has 100 valence electrons. The third-order valence-corrected chi connectivity index (χ3v) is 2.80. The van der Waals surface area contributed by atoms with Crippen LogP contribution in [0.4, 0.5) is 0 Å². The van der Waals surface area contributed by atoms with Crippen LogP contribution in [0.25, 0.3) is 0 Å². The highest BCUT2D eigenvalue weighted by Crippen LogP contribution is 2.06. The molecule has 0 aliphatic rings. The number of unbranched alkanes of at least 4 members (excludes halogenated alkanes) is 7. The van der Waals surface area contributed by atoms with Crippen molar-refractivity contribution in [3.63, 3.8) is 0 Å². The Hall–Kier alpha value is -0.790. The maximum absolute atomic E-state index is 11.3. The summed E-state index contributed by atoms with van der Waals surface area (Å²) >= 11 is 0. The normalized spacial score (nSPS) is 10.2. The smallest absolute Gasteiger partial charge is 0.305 e. The highest BCUT2D eigenvalue weighted by atomic mass is 16.5. The molecule has 0 rings (SSSR count). The molecule has 0 unspecified atom stereocenters. The largest absolute Gasteiger partial charge is 0.466 e. The van der Waals surface area contributed by atoms with Gasteiger partial charge in [-0.3, -0.25) is 4.79 Å². The molecule has 0 aromatic heterocycles. The van der Waals surface area contributed by atoms with Crippen LogP contribution in [0.2, 0.25) is 0 Å². The molecular formula is C15H28O2. The minimum absolute atomic E-state index is 0.0229. The molecule has 0 radical (unpaired) electrons. The monoisotopic (exact) mass is 240 g/mol. The van der Waals surface area contributed by atoms with E-state index in [1.807, 2.05) is 6.08 Å². The highest BCUT2D eigenvalue weighted by molar-refractivity contribution is 5.69. The lowest BCUT2D eigenvalue weighted by molar-refractivity contribution is -0.143. The Morgan fingerprint density at radius 2 is 1.76 bits per heavy atom. The molecule has 0 saturated heterocycles. The molecule has 0 aliphatic carbocycles. The van der Waals surface area contributed by atoms with E-state index in [1.54, 1.807) is 0 Å². The Bertz CT molecular complexity index is 187. The van der Waals surface area contributed by atoms with Crippen molar-refractivity contribution in [3.8, 4) is 0 Å². The lowest BCUT2D eigenvalue weighted by atomic mass is 10.1. The minimum atomic E-state index is -0.0229. The van der Waals surface area contributed by atoms with Crippen molar-refractivity contribution in [2.75, 3.05) is 6.61 Å². The first-order valence-electron chi connectivity index (χ1n) is 7.07. The van der Waals surface area contributed by atoms with Crippen molar-refractivity contribution in [1.82, 2.24) is 0 Å². The molecule has 0 spiro atoms. The number of carbonyl (C=O) groups excluding carboxylic acids is 1. The SMILES string of the molecule is C=CCCCCCOC(=O)CCCCCCC. The number of carbonyl (C=O) groups is 1. The van der Waals surface area contributed by atoms with E-state index in [0.717, 1.165) is 38.5 Å². The van der Waals surface area contributed by atoms with Crippen molar-refractivity contribution < 1.29 is 9.53 Å². The van der Waals surface area contributed by atoms with Crippen LogP contribution in [-0.4, -0.2) is 12.6 Å². The predicted molar refractivity (Wildman–Crippen MR) is 73.0 cm³/mol. The Morgan fingerprint density at radius 3 is 2.47 bits per heavy atom. The third-order valence-electron chi connectivity index (χ3n) is 2.80. The predicted octanol–water partition coefficient (Wildman–Crippen LogP) is 4.64. The van der Waals surface area contributed by atoms with Crippen molar-refractivity contribution in [1.29, 1.82) is 0 Å². The molecule has 0 amide bonds. The average Bonchev–Trinajstić information content (AvgIpc) is 2.33. The van der Waals surface area contributed by atoms with Gasteiger partial charge in [0.1, 0.15) is 0 Å². The first-order chi connectivity index (χ1) is 8.31. The van der Waals surface area contributed by atoms with E-state index in [4.69, 9.17) is 4.74 Å². The topological polar surface area (TPSA) is 26.3 Å². The van der Waals surface area contributed by atoms with Crippen LogP contribution < -0.4 is 0 Å². The molecule has 0 saturated carbocycles. The molecule has 0 N–H and O–H groups in total. The first-order valence-corrected chi connectivity index (χ1v) is 7.07. The highest BCUT2D eigenvalue weighted by Gasteiger charge is 2.01. The van der Waals surface area contributed by atoms with Gasteiger partial charge in [0.25, 0.3) is 0 Å². The molecule has 2 heteroatoms. The third kappa shape index (κ3) is 13.1. The minimum Gasteiger partial charge on any atom is -0.466 e. The lowest BCUT2D eigenvalue weighted by Gasteiger charge is -2.04. The number of ether oxygens (including phenoxy) is 1. The van der Waals surface area contributed by atoms with Crippen molar-refractivity contribution in [2.45, 2.75) is 71.1 Å². The van der Waals surface area contributed by atoms with E-state index < -0.39 is 0 Å². The summed E-state index contributed by atoms with van der Waals surface area (Å²) in [6.07, 6.45) is 12.7. The summed E-state index contributed by atoms with van der Waals surface area (Å²) in [6, 6.07) is 0. The van der Waals surface area contributed by atoms with E-state index in [9.17, 15) is 4.79 Å². The van der Waals surface area contributed by atoms with E-state index in [-0.39, 0.29) is 5.97 Å². The summed E-state index contributed by atoms with van der Waals surface area (Å²) in [4.78, 5) is 11.3. The van der Waals surface area contributed by atoms with Gasteiger partial charge in [0.15, 0.2) is 0 Å². The zero-order valence-corrected chi connectivity index (χ0v) is 11.4. The van der Waals surface area contributed by atoms with Gasteiger partial charge in [0, 0.05) is 6.42 Å². The number of hydrogen-bond donors (Lipinski definition) is 0. The quantitative estimate of drug-likeness (QED) is 0.282. The Labute approximate surface area is 106 Å². The van der Waals surface area contributed by atoms with E-state index in [1.165, 1.54) is 19.3 Å². The molecular weight excluding hydrogens is 212 g/mol. The number of hydrogen-bond acceptors (Lipinski definition) is 2. The summed E-state index contributed by atoms with van der Waals surface area (Å²) in [5.74, 6) is -0.0229. The zero-order chi connectivity index (χ0) is 12.8. The second-order valence-electron chi connectivity index (χ2n) is 4.52. The standard InChI is InChI=1S/C15H28O2/c1-3-5-7-9-11-13-15(16)17-14-12-10-8-6-4-2/h4H,2-3,5-14H2,1H3. The molecule has 0 heterocycles. The van der Waals surface area contributed by atoms with Gasteiger partial charge >= 0.3 is 5.97 Å². The van der Waals surface area contributed by atoms with E-state index in [2.05, 4.69) is 13.5 Å². The van der Waals surface area contributed by atoms with Crippen LogP contribution in [0.15, 0.2) is 12.7 Å². The van der Waals surface area contributed by atoms with Crippen molar-refractivity contribution in [2.24, 2.45) is 0 Å². The lowest BCUT2D eigenvalue weighted by Crippen LogP contribution is -2.05. The summed E-state index contributed by atoms with van der Waals surface area (Å²) in [5, 5.41) is 0. The second-order valence-corrected chi connectivity index (χ2v) is 4.52. The van der Waals surface area contributed by atoms with Gasteiger partial charge in [-0.15, -0.1) is 6.58 Å². The van der Waals surface area contributed by atoms with Crippen LogP contribution in [0.3, 0.4) is 0 Å². The van der Waals surface area contributed by atoms with Crippen LogP contribution in [0.5, 0.6) is 0 Å². The number of esters is 1. The fourth-order valence-corrected chi connectivity index (χ4v) is 1.70. The summed E-state index contributed by atoms with van der Waals surface area (Å²) in [6.45, 7) is 6.46. The van der Waals surface area contributed by atoms with E-state index in [0.29, 0.717) is 13.0 Å². The first kappa shape index (κ1) is 16.2.